The fourth-order valence-corrected chi connectivity index (χ4v) is 2.41. The van der Waals surface area contributed by atoms with E-state index >= 15 is 0 Å². The van der Waals surface area contributed by atoms with Gasteiger partial charge in [-0.25, -0.2) is 4.39 Å². The minimum atomic E-state index is -0.226. The van der Waals surface area contributed by atoms with Crippen molar-refractivity contribution < 1.29 is 9.50 Å². The number of hydrogen-bond donors (Lipinski definition) is 1. The maximum atomic E-state index is 13.2. The van der Waals surface area contributed by atoms with Gasteiger partial charge in [-0.15, -0.1) is 0 Å². The lowest BCUT2D eigenvalue weighted by molar-refractivity contribution is 0.283. The maximum Gasteiger partial charge on any atom is 0.123 e. The molecular weight excluding hydrogens is 241 g/mol. The van der Waals surface area contributed by atoms with Gasteiger partial charge in [0.05, 0.1) is 6.61 Å². The van der Waals surface area contributed by atoms with Crippen molar-refractivity contribution in [1.82, 2.24) is 4.57 Å². The second-order valence-electron chi connectivity index (χ2n) is 4.59. The van der Waals surface area contributed by atoms with Crippen LogP contribution in [0.4, 0.5) is 4.39 Å². The van der Waals surface area contributed by atoms with Crippen LogP contribution in [-0.4, -0.2) is 9.67 Å². The highest BCUT2D eigenvalue weighted by atomic mass is 19.1. The van der Waals surface area contributed by atoms with E-state index in [1.165, 1.54) is 12.1 Å². The van der Waals surface area contributed by atoms with Gasteiger partial charge in [-0.2, -0.15) is 0 Å². The van der Waals surface area contributed by atoms with Gasteiger partial charge in [0.15, 0.2) is 0 Å². The minimum absolute atomic E-state index is 0.0106. The first-order chi connectivity index (χ1) is 9.28. The number of aliphatic hydroxyl groups excluding tert-OH is 1. The molecular formula is C16H14FNO. The van der Waals surface area contributed by atoms with Crippen LogP contribution in [0, 0.1) is 5.82 Å². The van der Waals surface area contributed by atoms with Gasteiger partial charge in [-0.3, -0.25) is 0 Å². The van der Waals surface area contributed by atoms with Crippen LogP contribution in [0.25, 0.3) is 10.9 Å². The lowest BCUT2D eigenvalue weighted by Crippen LogP contribution is -1.98. The molecule has 0 saturated heterocycles. The third-order valence-electron chi connectivity index (χ3n) is 3.28. The zero-order valence-electron chi connectivity index (χ0n) is 10.4. The molecule has 0 aliphatic carbocycles. The Morgan fingerprint density at radius 2 is 1.89 bits per heavy atom. The van der Waals surface area contributed by atoms with Crippen molar-refractivity contribution in [2.45, 2.75) is 13.2 Å². The van der Waals surface area contributed by atoms with Gasteiger partial charge in [0.25, 0.3) is 0 Å². The number of aromatic nitrogens is 1. The second kappa shape index (κ2) is 4.86. The Bertz CT molecular complexity index is 718. The normalized spacial score (nSPS) is 11.1. The zero-order valence-corrected chi connectivity index (χ0v) is 10.4. The topological polar surface area (TPSA) is 25.2 Å². The number of hydrogen-bond acceptors (Lipinski definition) is 1. The highest BCUT2D eigenvalue weighted by Crippen LogP contribution is 2.22. The van der Waals surface area contributed by atoms with Crippen molar-refractivity contribution in [3.8, 4) is 0 Å². The lowest BCUT2D eigenvalue weighted by Gasteiger charge is -2.05. The highest BCUT2D eigenvalue weighted by Gasteiger charge is 2.07. The van der Waals surface area contributed by atoms with Crippen LogP contribution >= 0.6 is 0 Å². The third-order valence-corrected chi connectivity index (χ3v) is 3.28. The third kappa shape index (κ3) is 2.25. The summed E-state index contributed by atoms with van der Waals surface area (Å²) >= 11 is 0. The van der Waals surface area contributed by atoms with Crippen molar-refractivity contribution in [3.63, 3.8) is 0 Å². The van der Waals surface area contributed by atoms with Gasteiger partial charge in [-0.1, -0.05) is 30.3 Å². The number of aliphatic hydroxyl groups is 1. The van der Waals surface area contributed by atoms with E-state index in [4.69, 9.17) is 0 Å². The molecule has 3 aromatic rings. The Morgan fingerprint density at radius 1 is 1.05 bits per heavy atom. The molecule has 3 heteroatoms. The molecule has 1 N–H and O–H groups in total. The highest BCUT2D eigenvalue weighted by molar-refractivity contribution is 5.83. The summed E-state index contributed by atoms with van der Waals surface area (Å²) in [6, 6.07) is 14.5. The summed E-state index contributed by atoms with van der Waals surface area (Å²) in [5.74, 6) is -0.226. The second-order valence-corrected chi connectivity index (χ2v) is 4.59. The van der Waals surface area contributed by atoms with Gasteiger partial charge < -0.3 is 9.67 Å². The van der Waals surface area contributed by atoms with Gasteiger partial charge in [0.2, 0.25) is 0 Å². The molecule has 96 valence electrons. The summed E-state index contributed by atoms with van der Waals surface area (Å²) in [5.41, 5.74) is 2.85. The Kier molecular flexibility index (Phi) is 3.05. The Labute approximate surface area is 110 Å². The van der Waals surface area contributed by atoms with E-state index in [2.05, 4.69) is 0 Å². The van der Waals surface area contributed by atoms with E-state index in [1.807, 2.05) is 41.1 Å². The standard InChI is InChI=1S/C16H14FNO/c17-14-5-3-4-12(8-14)9-18-10-13(11-19)15-6-1-2-7-16(15)18/h1-8,10,19H,9,11H2. The molecule has 0 spiro atoms. The Morgan fingerprint density at radius 3 is 2.68 bits per heavy atom. The van der Waals surface area contributed by atoms with Crippen molar-refractivity contribution in [3.05, 3.63) is 71.7 Å². The first-order valence-corrected chi connectivity index (χ1v) is 6.20. The van der Waals surface area contributed by atoms with Crippen molar-refractivity contribution in [2.75, 3.05) is 0 Å². The van der Waals surface area contributed by atoms with E-state index in [0.29, 0.717) is 6.54 Å². The number of halogens is 1. The van der Waals surface area contributed by atoms with Gasteiger partial charge >= 0.3 is 0 Å². The van der Waals surface area contributed by atoms with Crippen LogP contribution in [0.3, 0.4) is 0 Å². The average molecular weight is 255 g/mol. The smallest absolute Gasteiger partial charge is 0.123 e. The number of para-hydroxylation sites is 1. The molecule has 0 amide bonds. The number of nitrogens with zero attached hydrogens (tertiary/aromatic N) is 1. The molecule has 1 heterocycles. The first-order valence-electron chi connectivity index (χ1n) is 6.20. The quantitative estimate of drug-likeness (QED) is 0.763. The first kappa shape index (κ1) is 11.9. The fourth-order valence-electron chi connectivity index (χ4n) is 2.41. The van der Waals surface area contributed by atoms with Crippen LogP contribution in [-0.2, 0) is 13.2 Å². The molecule has 2 aromatic carbocycles. The van der Waals surface area contributed by atoms with Crippen LogP contribution in [0.2, 0.25) is 0 Å². The molecule has 0 fully saturated rings. The van der Waals surface area contributed by atoms with E-state index in [9.17, 15) is 9.50 Å². The van der Waals surface area contributed by atoms with Crippen molar-refractivity contribution >= 4 is 10.9 Å². The number of rotatable bonds is 3. The van der Waals surface area contributed by atoms with Gasteiger partial charge in [-0.05, 0) is 23.8 Å². The molecule has 0 aliphatic heterocycles. The molecule has 2 nitrogen and oxygen atoms in total. The van der Waals surface area contributed by atoms with E-state index in [-0.39, 0.29) is 12.4 Å². The van der Waals surface area contributed by atoms with E-state index in [0.717, 1.165) is 22.0 Å². The average Bonchev–Trinajstić information content (AvgIpc) is 2.77. The minimum Gasteiger partial charge on any atom is -0.392 e. The summed E-state index contributed by atoms with van der Waals surface area (Å²) in [6.07, 6.45) is 1.93. The van der Waals surface area contributed by atoms with Gasteiger partial charge in [0, 0.05) is 29.2 Å². The molecule has 0 aliphatic rings. The van der Waals surface area contributed by atoms with Crippen LogP contribution in [0.5, 0.6) is 0 Å². The van der Waals surface area contributed by atoms with Crippen LogP contribution in [0.15, 0.2) is 54.7 Å². The predicted molar refractivity (Wildman–Crippen MR) is 73.4 cm³/mol. The molecule has 0 unspecified atom stereocenters. The molecule has 19 heavy (non-hydrogen) atoms. The fraction of sp³-hybridized carbons (Fsp3) is 0.125. The summed E-state index contributed by atoms with van der Waals surface area (Å²) in [6.45, 7) is 0.606. The molecule has 0 saturated carbocycles. The SMILES string of the molecule is OCc1cn(Cc2cccc(F)c2)c2ccccc12. The molecule has 3 rings (SSSR count). The van der Waals surface area contributed by atoms with E-state index < -0.39 is 0 Å². The van der Waals surface area contributed by atoms with Crippen LogP contribution in [0.1, 0.15) is 11.1 Å². The van der Waals surface area contributed by atoms with Crippen molar-refractivity contribution in [2.24, 2.45) is 0 Å². The number of fused-ring (bicyclic) bond motifs is 1. The van der Waals surface area contributed by atoms with Crippen LogP contribution < -0.4 is 0 Å². The Balaban J connectivity index is 2.06. The molecule has 1 aromatic heterocycles. The largest absolute Gasteiger partial charge is 0.392 e. The summed E-state index contributed by atoms with van der Waals surface area (Å²) in [7, 11) is 0. The molecule has 0 bridgehead atoms. The summed E-state index contributed by atoms with van der Waals surface area (Å²) in [4.78, 5) is 0. The lowest BCUT2D eigenvalue weighted by atomic mass is 10.2. The monoisotopic (exact) mass is 255 g/mol. The van der Waals surface area contributed by atoms with Gasteiger partial charge in [0.1, 0.15) is 5.82 Å². The molecule has 0 radical (unpaired) electrons. The number of benzene rings is 2. The zero-order chi connectivity index (χ0) is 13.2. The predicted octanol–water partition coefficient (Wildman–Crippen LogP) is 3.32. The molecule has 0 atom stereocenters. The van der Waals surface area contributed by atoms with Crippen molar-refractivity contribution in [1.29, 1.82) is 0 Å². The summed E-state index contributed by atoms with van der Waals surface area (Å²) in [5, 5.41) is 10.4. The maximum absolute atomic E-state index is 13.2. The Hall–Kier alpha value is -2.13. The van der Waals surface area contributed by atoms with E-state index in [1.54, 1.807) is 6.07 Å². The summed E-state index contributed by atoms with van der Waals surface area (Å²) < 4.78 is 15.2.